The van der Waals surface area contributed by atoms with Crippen LogP contribution in [0, 0.1) is 11.8 Å². The van der Waals surface area contributed by atoms with Gasteiger partial charge < -0.3 is 10.1 Å². The van der Waals surface area contributed by atoms with Gasteiger partial charge in [0.05, 0.1) is 10.5 Å². The van der Waals surface area contributed by atoms with Crippen molar-refractivity contribution in [1.29, 1.82) is 0 Å². The first kappa shape index (κ1) is 18.6. The Kier molecular flexibility index (Phi) is 4.93. The highest BCUT2D eigenvalue weighted by molar-refractivity contribution is 7.18. The molecule has 0 amide bonds. The molecule has 1 aromatic heterocycles. The summed E-state index contributed by atoms with van der Waals surface area (Å²) in [4.78, 5) is 8.65. The fourth-order valence-electron chi connectivity index (χ4n) is 5.51. The molecule has 3 fully saturated rings. The second-order valence-electron chi connectivity index (χ2n) is 9.44. The molecule has 150 valence electrons. The molecule has 1 saturated carbocycles. The Bertz CT molecular complexity index is 791. The van der Waals surface area contributed by atoms with E-state index in [2.05, 4.69) is 59.4 Å². The van der Waals surface area contributed by atoms with Gasteiger partial charge in [0.2, 0.25) is 0 Å². The fraction of sp³-hybridized carbons (Fsp3) is 0.609. The van der Waals surface area contributed by atoms with Crippen LogP contribution in [-0.4, -0.2) is 47.3 Å². The van der Waals surface area contributed by atoms with Gasteiger partial charge in [-0.1, -0.05) is 41.7 Å². The molecule has 1 aromatic carbocycles. The molecule has 1 aliphatic carbocycles. The van der Waals surface area contributed by atoms with E-state index in [4.69, 9.17) is 4.74 Å². The van der Waals surface area contributed by atoms with Crippen LogP contribution in [0.15, 0.2) is 36.5 Å². The summed E-state index contributed by atoms with van der Waals surface area (Å²) in [5.74, 6) is 1.69. The molecule has 3 heterocycles. The summed E-state index contributed by atoms with van der Waals surface area (Å²) in [6.45, 7) is 7.95. The smallest absolute Gasteiger partial charge is 0.183 e. The monoisotopic (exact) mass is 397 g/mol. The van der Waals surface area contributed by atoms with Gasteiger partial charge in [0.1, 0.15) is 0 Å². The number of nitrogens with zero attached hydrogens (tertiary/aromatic N) is 2. The van der Waals surface area contributed by atoms with Crippen LogP contribution >= 0.6 is 11.3 Å². The van der Waals surface area contributed by atoms with Crippen molar-refractivity contribution < 1.29 is 4.74 Å². The standard InChI is InChI=1S/C23H31N3OS/c1-23(2)12-20(8-9-27-23)26-14-17-10-19(11-18(17)15-26)25-22-24-13-21(28-22)16-6-4-3-5-7-16/h3-7,13,17-20H,8-12,14-15H2,1-2H3,(H,24,25)/t17-,18+,19+,20?. The average Bonchev–Trinajstić information content (AvgIpc) is 3.37. The van der Waals surface area contributed by atoms with E-state index in [0.29, 0.717) is 12.1 Å². The quantitative estimate of drug-likeness (QED) is 0.797. The molecule has 28 heavy (non-hydrogen) atoms. The lowest BCUT2D eigenvalue weighted by Crippen LogP contribution is -2.45. The summed E-state index contributed by atoms with van der Waals surface area (Å²) in [6, 6.07) is 11.8. The highest BCUT2D eigenvalue weighted by Gasteiger charge is 2.44. The summed E-state index contributed by atoms with van der Waals surface area (Å²) < 4.78 is 5.92. The maximum atomic E-state index is 5.92. The van der Waals surface area contributed by atoms with E-state index in [9.17, 15) is 0 Å². The Hall–Kier alpha value is -1.43. The lowest BCUT2D eigenvalue weighted by Gasteiger charge is -2.40. The molecule has 2 saturated heterocycles. The number of ether oxygens (including phenoxy) is 1. The van der Waals surface area contributed by atoms with Crippen molar-refractivity contribution in [2.45, 2.75) is 57.2 Å². The normalized spacial score (nSPS) is 32.4. The van der Waals surface area contributed by atoms with Crippen molar-refractivity contribution in [3.63, 3.8) is 0 Å². The van der Waals surface area contributed by atoms with E-state index in [-0.39, 0.29) is 5.60 Å². The summed E-state index contributed by atoms with van der Waals surface area (Å²) in [5.41, 5.74) is 1.30. The van der Waals surface area contributed by atoms with Gasteiger partial charge in [0.15, 0.2) is 5.13 Å². The number of hydrogen-bond donors (Lipinski definition) is 1. The molecule has 1 N–H and O–H groups in total. The van der Waals surface area contributed by atoms with Crippen LogP contribution in [0.5, 0.6) is 0 Å². The predicted molar refractivity (Wildman–Crippen MR) is 116 cm³/mol. The van der Waals surface area contributed by atoms with Gasteiger partial charge in [-0.05, 0) is 56.9 Å². The first-order valence-electron chi connectivity index (χ1n) is 10.7. The number of likely N-dealkylation sites (tertiary alicyclic amines) is 1. The van der Waals surface area contributed by atoms with Crippen LogP contribution in [0.4, 0.5) is 5.13 Å². The number of anilines is 1. The van der Waals surface area contributed by atoms with Crippen molar-refractivity contribution in [1.82, 2.24) is 9.88 Å². The Labute approximate surface area is 172 Å². The molecule has 5 rings (SSSR count). The topological polar surface area (TPSA) is 37.4 Å². The number of benzene rings is 1. The lowest BCUT2D eigenvalue weighted by atomic mass is 9.93. The summed E-state index contributed by atoms with van der Waals surface area (Å²) >= 11 is 1.78. The summed E-state index contributed by atoms with van der Waals surface area (Å²) in [5, 5.41) is 4.81. The van der Waals surface area contributed by atoms with Gasteiger partial charge in [0, 0.05) is 38.0 Å². The van der Waals surface area contributed by atoms with Gasteiger partial charge in [0.25, 0.3) is 0 Å². The molecular formula is C23H31N3OS. The Morgan fingerprint density at radius 3 is 2.61 bits per heavy atom. The van der Waals surface area contributed by atoms with Crippen molar-refractivity contribution in [3.05, 3.63) is 36.5 Å². The highest BCUT2D eigenvalue weighted by Crippen LogP contribution is 2.42. The first-order chi connectivity index (χ1) is 13.6. The Morgan fingerprint density at radius 1 is 1.14 bits per heavy atom. The Balaban J connectivity index is 1.16. The molecule has 4 atom stereocenters. The number of rotatable bonds is 4. The molecular weight excluding hydrogens is 366 g/mol. The van der Waals surface area contributed by atoms with Crippen LogP contribution in [0.1, 0.15) is 39.5 Å². The molecule has 0 radical (unpaired) electrons. The van der Waals surface area contributed by atoms with Crippen LogP contribution < -0.4 is 5.32 Å². The van der Waals surface area contributed by atoms with Gasteiger partial charge in [-0.2, -0.15) is 0 Å². The van der Waals surface area contributed by atoms with Gasteiger partial charge in [-0.15, -0.1) is 0 Å². The van der Waals surface area contributed by atoms with Crippen molar-refractivity contribution in [2.24, 2.45) is 11.8 Å². The van der Waals surface area contributed by atoms with Crippen molar-refractivity contribution >= 4 is 16.5 Å². The van der Waals surface area contributed by atoms with Crippen LogP contribution in [-0.2, 0) is 4.74 Å². The molecule has 0 spiro atoms. The maximum absolute atomic E-state index is 5.92. The van der Waals surface area contributed by atoms with E-state index >= 15 is 0 Å². The van der Waals surface area contributed by atoms with Crippen LogP contribution in [0.3, 0.4) is 0 Å². The van der Waals surface area contributed by atoms with E-state index in [1.54, 1.807) is 11.3 Å². The minimum atomic E-state index is 0.0476. The molecule has 2 aliphatic heterocycles. The predicted octanol–water partition coefficient (Wildman–Crippen LogP) is 4.89. The first-order valence-corrected chi connectivity index (χ1v) is 11.5. The van der Waals surface area contributed by atoms with Gasteiger partial charge in [-0.25, -0.2) is 4.98 Å². The number of nitrogens with one attached hydrogen (secondary N) is 1. The SMILES string of the molecule is CC1(C)CC(N2C[C@H]3C[C@H](Nc4ncc(-c5ccccc5)s4)C[C@H]3C2)CCO1. The van der Waals surface area contributed by atoms with Crippen LogP contribution in [0.25, 0.3) is 10.4 Å². The number of thiazole rings is 1. The zero-order chi connectivity index (χ0) is 19.1. The minimum Gasteiger partial charge on any atom is -0.375 e. The number of hydrogen-bond acceptors (Lipinski definition) is 5. The second kappa shape index (κ2) is 7.43. The van der Waals surface area contributed by atoms with Crippen molar-refractivity contribution in [3.8, 4) is 10.4 Å². The zero-order valence-electron chi connectivity index (χ0n) is 16.9. The molecule has 4 nitrogen and oxygen atoms in total. The van der Waals surface area contributed by atoms with Gasteiger partial charge in [-0.3, -0.25) is 4.90 Å². The van der Waals surface area contributed by atoms with Gasteiger partial charge >= 0.3 is 0 Å². The third-order valence-electron chi connectivity index (χ3n) is 6.86. The summed E-state index contributed by atoms with van der Waals surface area (Å²) in [7, 11) is 0. The van der Waals surface area contributed by atoms with E-state index in [1.807, 2.05) is 6.20 Å². The molecule has 1 unspecified atom stereocenters. The Morgan fingerprint density at radius 2 is 1.89 bits per heavy atom. The minimum absolute atomic E-state index is 0.0476. The highest BCUT2D eigenvalue weighted by atomic mass is 32.1. The number of fused-ring (bicyclic) bond motifs is 1. The molecule has 2 aromatic rings. The maximum Gasteiger partial charge on any atom is 0.183 e. The third-order valence-corrected chi connectivity index (χ3v) is 7.84. The largest absolute Gasteiger partial charge is 0.375 e. The molecule has 3 aliphatic rings. The van der Waals surface area contributed by atoms with E-state index in [0.717, 1.165) is 23.6 Å². The lowest BCUT2D eigenvalue weighted by molar-refractivity contribution is -0.0811. The fourth-order valence-corrected chi connectivity index (χ4v) is 6.41. The molecule has 0 bridgehead atoms. The average molecular weight is 398 g/mol. The summed E-state index contributed by atoms with van der Waals surface area (Å²) in [6.07, 6.45) is 6.95. The third kappa shape index (κ3) is 3.85. The molecule has 5 heteroatoms. The zero-order valence-corrected chi connectivity index (χ0v) is 17.8. The van der Waals surface area contributed by atoms with E-state index in [1.165, 1.54) is 49.2 Å². The van der Waals surface area contributed by atoms with E-state index < -0.39 is 0 Å². The second-order valence-corrected chi connectivity index (χ2v) is 10.5. The van der Waals surface area contributed by atoms with Crippen molar-refractivity contribution in [2.75, 3.05) is 25.0 Å². The number of aromatic nitrogens is 1. The van der Waals surface area contributed by atoms with Crippen LogP contribution in [0.2, 0.25) is 0 Å².